The SMILES string of the molecule is Cn1c(=O)c2c(ncn2CC(=O)Nc2ccc3c(c2)nc2n3CCCCC2)n(C)c1=O. The fraction of sp³-hybridized carbons (Fsp3) is 0.381. The number of hydrogen-bond donors (Lipinski definition) is 1. The van der Waals surface area contributed by atoms with Gasteiger partial charge in [0.1, 0.15) is 12.4 Å². The fourth-order valence-electron chi connectivity index (χ4n) is 4.30. The summed E-state index contributed by atoms with van der Waals surface area (Å²) < 4.78 is 6.03. The van der Waals surface area contributed by atoms with Crippen molar-refractivity contribution in [2.24, 2.45) is 14.1 Å². The number of imidazole rings is 2. The van der Waals surface area contributed by atoms with Gasteiger partial charge in [0.05, 0.1) is 17.4 Å². The molecule has 10 heteroatoms. The molecule has 0 saturated carbocycles. The summed E-state index contributed by atoms with van der Waals surface area (Å²) in [5.41, 5.74) is 2.13. The molecule has 0 fully saturated rings. The van der Waals surface area contributed by atoms with Gasteiger partial charge in [0.2, 0.25) is 5.91 Å². The maximum absolute atomic E-state index is 12.7. The van der Waals surface area contributed by atoms with Crippen LogP contribution in [0.2, 0.25) is 0 Å². The molecular formula is C21H23N7O3. The van der Waals surface area contributed by atoms with Crippen LogP contribution in [0.1, 0.15) is 25.1 Å². The maximum Gasteiger partial charge on any atom is 0.332 e. The van der Waals surface area contributed by atoms with Gasteiger partial charge in [0.25, 0.3) is 5.56 Å². The lowest BCUT2D eigenvalue weighted by molar-refractivity contribution is -0.116. The predicted octanol–water partition coefficient (Wildman–Crippen LogP) is 1.15. The van der Waals surface area contributed by atoms with Crippen LogP contribution in [0.25, 0.3) is 22.2 Å². The Morgan fingerprint density at radius 3 is 2.81 bits per heavy atom. The number of anilines is 1. The Hall–Kier alpha value is -3.69. The molecule has 0 bridgehead atoms. The molecule has 1 N–H and O–H groups in total. The molecule has 3 aromatic heterocycles. The van der Waals surface area contributed by atoms with E-state index in [9.17, 15) is 14.4 Å². The molecule has 1 aliphatic heterocycles. The first-order valence-electron chi connectivity index (χ1n) is 10.3. The smallest absolute Gasteiger partial charge is 0.328 e. The third-order valence-corrected chi connectivity index (χ3v) is 5.92. The van der Waals surface area contributed by atoms with Crippen molar-refractivity contribution in [2.45, 2.75) is 38.8 Å². The summed E-state index contributed by atoms with van der Waals surface area (Å²) in [6.07, 6.45) is 5.90. The number of fused-ring (bicyclic) bond motifs is 4. The van der Waals surface area contributed by atoms with Gasteiger partial charge in [-0.1, -0.05) is 6.42 Å². The van der Waals surface area contributed by atoms with Crippen LogP contribution in [0, 0.1) is 0 Å². The molecule has 1 amide bonds. The number of aryl methyl sites for hydroxylation is 3. The van der Waals surface area contributed by atoms with Gasteiger partial charge in [-0.25, -0.2) is 14.8 Å². The summed E-state index contributed by atoms with van der Waals surface area (Å²) in [6.45, 7) is 0.879. The number of aromatic nitrogens is 6. The molecule has 4 heterocycles. The molecule has 0 spiro atoms. The number of nitrogens with one attached hydrogen (secondary N) is 1. The van der Waals surface area contributed by atoms with Gasteiger partial charge in [-0.3, -0.25) is 18.7 Å². The highest BCUT2D eigenvalue weighted by atomic mass is 16.2. The minimum Gasteiger partial charge on any atom is -0.328 e. The summed E-state index contributed by atoms with van der Waals surface area (Å²) in [4.78, 5) is 46.2. The van der Waals surface area contributed by atoms with Crippen molar-refractivity contribution in [1.29, 1.82) is 0 Å². The van der Waals surface area contributed by atoms with E-state index < -0.39 is 11.2 Å². The van der Waals surface area contributed by atoms with Gasteiger partial charge >= 0.3 is 5.69 Å². The average Bonchev–Trinajstić information content (AvgIpc) is 3.23. The summed E-state index contributed by atoms with van der Waals surface area (Å²) in [5.74, 6) is 0.803. The van der Waals surface area contributed by atoms with E-state index in [1.165, 1.54) is 28.9 Å². The van der Waals surface area contributed by atoms with E-state index in [0.29, 0.717) is 5.69 Å². The van der Waals surface area contributed by atoms with Crippen molar-refractivity contribution in [3.05, 3.63) is 51.2 Å². The first-order valence-corrected chi connectivity index (χ1v) is 10.3. The first kappa shape index (κ1) is 19.3. The molecule has 160 valence electrons. The zero-order valence-electron chi connectivity index (χ0n) is 17.5. The predicted molar refractivity (Wildman–Crippen MR) is 116 cm³/mol. The van der Waals surface area contributed by atoms with E-state index >= 15 is 0 Å². The van der Waals surface area contributed by atoms with E-state index in [1.54, 1.807) is 7.05 Å². The van der Waals surface area contributed by atoms with E-state index in [1.807, 2.05) is 18.2 Å². The molecule has 10 nitrogen and oxygen atoms in total. The molecule has 0 aliphatic carbocycles. The number of rotatable bonds is 3. The average molecular weight is 421 g/mol. The number of amides is 1. The number of carbonyl (C=O) groups excluding carboxylic acids is 1. The molecule has 0 atom stereocenters. The van der Waals surface area contributed by atoms with E-state index in [4.69, 9.17) is 4.98 Å². The zero-order chi connectivity index (χ0) is 21.7. The fourth-order valence-corrected chi connectivity index (χ4v) is 4.30. The van der Waals surface area contributed by atoms with Gasteiger partial charge in [-0.2, -0.15) is 0 Å². The number of nitrogens with zero attached hydrogens (tertiary/aromatic N) is 6. The lowest BCUT2D eigenvalue weighted by Crippen LogP contribution is -2.37. The Labute approximate surface area is 176 Å². The van der Waals surface area contributed by atoms with Gasteiger partial charge in [-0.05, 0) is 31.0 Å². The molecule has 0 unspecified atom stereocenters. The van der Waals surface area contributed by atoms with E-state index in [0.717, 1.165) is 47.2 Å². The summed E-state index contributed by atoms with van der Waals surface area (Å²) in [6, 6.07) is 5.74. The van der Waals surface area contributed by atoms with Crippen molar-refractivity contribution >= 4 is 33.8 Å². The van der Waals surface area contributed by atoms with Gasteiger partial charge in [0.15, 0.2) is 11.2 Å². The lowest BCUT2D eigenvalue weighted by Gasteiger charge is -2.08. The Kier molecular flexibility index (Phi) is 4.49. The van der Waals surface area contributed by atoms with Crippen LogP contribution in [0.5, 0.6) is 0 Å². The molecular weight excluding hydrogens is 398 g/mol. The molecule has 31 heavy (non-hydrogen) atoms. The quantitative estimate of drug-likeness (QED) is 0.534. The minimum atomic E-state index is -0.482. The summed E-state index contributed by atoms with van der Waals surface area (Å²) in [7, 11) is 2.95. The van der Waals surface area contributed by atoms with Gasteiger partial charge in [0, 0.05) is 32.7 Å². The van der Waals surface area contributed by atoms with Crippen molar-refractivity contribution in [3.63, 3.8) is 0 Å². The Morgan fingerprint density at radius 1 is 1.13 bits per heavy atom. The molecule has 0 saturated heterocycles. The van der Waals surface area contributed by atoms with E-state index in [-0.39, 0.29) is 23.6 Å². The molecule has 0 radical (unpaired) electrons. The maximum atomic E-state index is 12.7. The molecule has 1 aliphatic rings. The van der Waals surface area contributed by atoms with Crippen LogP contribution in [0.4, 0.5) is 5.69 Å². The minimum absolute atomic E-state index is 0.0956. The standard InChI is InChI=1S/C21H23N7O3/c1-25-19-18(20(30)26(2)21(25)31)27(12-22-19)11-17(29)23-13-7-8-15-14(10-13)24-16-6-4-3-5-9-28(15)16/h7-8,10,12H,3-6,9,11H2,1-2H3,(H,23,29). The van der Waals surface area contributed by atoms with Crippen LogP contribution < -0.4 is 16.6 Å². The van der Waals surface area contributed by atoms with Crippen LogP contribution in [0.15, 0.2) is 34.1 Å². The number of carbonyl (C=O) groups is 1. The Bertz CT molecular complexity index is 1450. The highest BCUT2D eigenvalue weighted by Gasteiger charge is 2.17. The third-order valence-electron chi connectivity index (χ3n) is 5.92. The second-order valence-electron chi connectivity index (χ2n) is 7.99. The summed E-state index contributed by atoms with van der Waals surface area (Å²) in [5, 5.41) is 2.88. The van der Waals surface area contributed by atoms with Crippen LogP contribution in [-0.2, 0) is 38.4 Å². The molecule has 4 aromatic rings. The van der Waals surface area contributed by atoms with Crippen molar-refractivity contribution in [1.82, 2.24) is 28.2 Å². The van der Waals surface area contributed by atoms with Crippen molar-refractivity contribution < 1.29 is 4.79 Å². The third kappa shape index (κ3) is 3.15. The highest BCUT2D eigenvalue weighted by Crippen LogP contribution is 2.24. The first-order chi connectivity index (χ1) is 14.9. The van der Waals surface area contributed by atoms with Crippen LogP contribution >= 0.6 is 0 Å². The number of benzene rings is 1. The highest BCUT2D eigenvalue weighted by molar-refractivity contribution is 5.93. The van der Waals surface area contributed by atoms with Crippen molar-refractivity contribution in [2.75, 3.05) is 5.32 Å². The largest absolute Gasteiger partial charge is 0.332 e. The van der Waals surface area contributed by atoms with Gasteiger partial charge < -0.3 is 14.5 Å². The topological polar surface area (TPSA) is 109 Å². The monoisotopic (exact) mass is 421 g/mol. The zero-order valence-corrected chi connectivity index (χ0v) is 17.5. The Morgan fingerprint density at radius 2 is 1.97 bits per heavy atom. The second-order valence-corrected chi connectivity index (χ2v) is 7.99. The molecule has 5 rings (SSSR count). The van der Waals surface area contributed by atoms with Crippen molar-refractivity contribution in [3.8, 4) is 0 Å². The van der Waals surface area contributed by atoms with E-state index in [2.05, 4.69) is 14.9 Å². The number of hydrogen-bond acceptors (Lipinski definition) is 5. The molecule has 1 aromatic carbocycles. The lowest BCUT2D eigenvalue weighted by atomic mass is 10.2. The second kappa shape index (κ2) is 7.22. The van der Waals surface area contributed by atoms with Crippen LogP contribution in [-0.4, -0.2) is 34.1 Å². The van der Waals surface area contributed by atoms with Gasteiger partial charge in [-0.15, -0.1) is 0 Å². The van der Waals surface area contributed by atoms with Crippen LogP contribution in [0.3, 0.4) is 0 Å². The summed E-state index contributed by atoms with van der Waals surface area (Å²) >= 11 is 0. The normalized spacial score (nSPS) is 14.0. The Balaban J connectivity index is 1.42.